The van der Waals surface area contributed by atoms with Crippen LogP contribution in [0.4, 0.5) is 4.39 Å². The maximum atomic E-state index is 14.6. The van der Waals surface area contributed by atoms with Crippen LogP contribution in [-0.2, 0) is 9.53 Å². The lowest BCUT2D eigenvalue weighted by atomic mass is 9.50. The zero-order valence-electron chi connectivity index (χ0n) is 16.9. The average Bonchev–Trinajstić information content (AvgIpc) is 3.22. The smallest absolute Gasteiger partial charge is 0.348 e. The summed E-state index contributed by atoms with van der Waals surface area (Å²) in [4.78, 5) is 24.3. The summed E-state index contributed by atoms with van der Waals surface area (Å²) >= 11 is 6.30. The summed E-state index contributed by atoms with van der Waals surface area (Å²) in [7, 11) is 0. The van der Waals surface area contributed by atoms with E-state index in [1.54, 1.807) is 0 Å². The van der Waals surface area contributed by atoms with Crippen LogP contribution in [0.25, 0.3) is 0 Å². The minimum atomic E-state index is -1.03. The summed E-state index contributed by atoms with van der Waals surface area (Å²) in [6, 6.07) is 1.82. The maximum absolute atomic E-state index is 14.6. The van der Waals surface area contributed by atoms with Gasteiger partial charge < -0.3 is 14.8 Å². The van der Waals surface area contributed by atoms with Gasteiger partial charge in [0, 0.05) is 11.5 Å². The topological polar surface area (TPSA) is 64.6 Å². The van der Waals surface area contributed by atoms with Crippen molar-refractivity contribution in [3.63, 3.8) is 0 Å². The average molecular weight is 436 g/mol. The first-order chi connectivity index (χ1) is 14.4. The molecule has 1 atom stereocenters. The molecule has 1 heterocycles. The molecule has 0 spiro atoms. The van der Waals surface area contributed by atoms with E-state index in [9.17, 15) is 14.0 Å². The number of benzene rings is 1. The molecule has 0 amide bonds. The highest BCUT2D eigenvalue weighted by molar-refractivity contribution is 6.32. The van der Waals surface area contributed by atoms with Gasteiger partial charge in [-0.15, -0.1) is 0 Å². The summed E-state index contributed by atoms with van der Waals surface area (Å²) in [5, 5.41) is 3.10. The third-order valence-corrected chi connectivity index (χ3v) is 7.77. The normalized spacial score (nSPS) is 34.2. The Morgan fingerprint density at radius 3 is 2.40 bits per heavy atom. The van der Waals surface area contributed by atoms with Crippen molar-refractivity contribution in [1.29, 1.82) is 0 Å². The molecule has 30 heavy (non-hydrogen) atoms. The highest BCUT2D eigenvalue weighted by Crippen LogP contribution is 2.60. The SMILES string of the molecule is O=C(OC(=O)C1CCCN1)c1cc(Cl)c(OCC23CC4CC(CC(C4)C2)C3)cc1F. The molecule has 4 saturated carbocycles. The molecule has 1 aromatic carbocycles. The molecule has 5 nitrogen and oxygen atoms in total. The third-order valence-electron chi connectivity index (χ3n) is 7.48. The fourth-order valence-corrected chi connectivity index (χ4v) is 6.81. The molecule has 1 unspecified atom stereocenters. The molecule has 1 aromatic rings. The highest BCUT2D eigenvalue weighted by atomic mass is 35.5. The van der Waals surface area contributed by atoms with Crippen molar-refractivity contribution in [1.82, 2.24) is 5.32 Å². The number of nitrogens with one attached hydrogen (secondary N) is 1. The van der Waals surface area contributed by atoms with Crippen LogP contribution in [0.1, 0.15) is 61.7 Å². The zero-order chi connectivity index (χ0) is 20.9. The molecule has 5 aliphatic rings. The van der Waals surface area contributed by atoms with Crippen molar-refractivity contribution in [3.05, 3.63) is 28.5 Å². The lowest BCUT2D eigenvalue weighted by Gasteiger charge is -2.56. The second-order valence-corrected chi connectivity index (χ2v) is 10.2. The summed E-state index contributed by atoms with van der Waals surface area (Å²) in [6.45, 7) is 1.23. The van der Waals surface area contributed by atoms with Crippen molar-refractivity contribution < 1.29 is 23.5 Å². The van der Waals surface area contributed by atoms with Crippen LogP contribution >= 0.6 is 11.6 Å². The van der Waals surface area contributed by atoms with Gasteiger partial charge in [-0.2, -0.15) is 0 Å². The van der Waals surface area contributed by atoms with E-state index >= 15 is 0 Å². The zero-order valence-corrected chi connectivity index (χ0v) is 17.7. The molecule has 7 heteroatoms. The van der Waals surface area contributed by atoms with Crippen molar-refractivity contribution in [2.75, 3.05) is 13.2 Å². The van der Waals surface area contributed by atoms with Crippen molar-refractivity contribution in [3.8, 4) is 5.75 Å². The van der Waals surface area contributed by atoms with Gasteiger partial charge in [0.1, 0.15) is 17.6 Å². The Labute approximate surface area is 180 Å². The Kier molecular flexibility index (Phi) is 5.26. The predicted octanol–water partition coefficient (Wildman–Crippen LogP) is 4.51. The summed E-state index contributed by atoms with van der Waals surface area (Å²) in [5.41, 5.74) is -0.180. The lowest BCUT2D eigenvalue weighted by Crippen LogP contribution is -2.48. The second-order valence-electron chi connectivity index (χ2n) is 9.83. The third kappa shape index (κ3) is 3.84. The molecule has 4 aliphatic carbocycles. The first-order valence-corrected chi connectivity index (χ1v) is 11.4. The van der Waals surface area contributed by atoms with E-state index in [0.29, 0.717) is 19.6 Å². The predicted molar refractivity (Wildman–Crippen MR) is 109 cm³/mol. The Morgan fingerprint density at radius 1 is 1.13 bits per heavy atom. The van der Waals surface area contributed by atoms with Crippen LogP contribution in [0.15, 0.2) is 12.1 Å². The van der Waals surface area contributed by atoms with E-state index in [4.69, 9.17) is 21.1 Å². The number of ether oxygens (including phenoxy) is 2. The van der Waals surface area contributed by atoms with Gasteiger partial charge in [-0.1, -0.05) is 11.6 Å². The van der Waals surface area contributed by atoms with Gasteiger partial charge >= 0.3 is 11.9 Å². The molecule has 4 bridgehead atoms. The van der Waals surface area contributed by atoms with Crippen LogP contribution in [0.5, 0.6) is 5.75 Å². The first-order valence-electron chi connectivity index (χ1n) is 11.0. The standard InChI is InChI=1S/C23H27ClFNO4/c24-17-7-16(21(27)30-22(28)19-2-1-3-26-19)18(25)8-20(17)29-12-23-9-13-4-14(10-23)6-15(5-13)11-23/h7-8,13-15,19,26H,1-6,9-12H2. The molecule has 1 aliphatic heterocycles. The second kappa shape index (κ2) is 7.79. The van der Waals surface area contributed by atoms with Gasteiger partial charge in [0.05, 0.1) is 17.2 Å². The molecule has 0 aromatic heterocycles. The fourth-order valence-electron chi connectivity index (χ4n) is 6.60. The Morgan fingerprint density at radius 2 is 1.80 bits per heavy atom. The molecule has 0 radical (unpaired) electrons. The summed E-state index contributed by atoms with van der Waals surface area (Å²) in [5.74, 6) is 0.140. The van der Waals surface area contributed by atoms with E-state index in [1.807, 2.05) is 0 Å². The van der Waals surface area contributed by atoms with E-state index in [-0.39, 0.29) is 21.8 Å². The first kappa shape index (κ1) is 20.3. The van der Waals surface area contributed by atoms with Crippen LogP contribution in [0.3, 0.4) is 0 Å². The number of esters is 2. The van der Waals surface area contributed by atoms with Gasteiger partial charge in [-0.25, -0.2) is 14.0 Å². The Balaban J connectivity index is 1.25. The number of hydrogen-bond donors (Lipinski definition) is 1. The number of carbonyl (C=O) groups excluding carboxylic acids is 2. The van der Waals surface area contributed by atoms with Crippen LogP contribution in [-0.4, -0.2) is 31.1 Å². The number of hydrogen-bond acceptors (Lipinski definition) is 5. The minimum absolute atomic E-state index is 0.152. The summed E-state index contributed by atoms with van der Waals surface area (Å²) in [6.07, 6.45) is 9.03. The molecule has 162 valence electrons. The van der Waals surface area contributed by atoms with Crippen LogP contribution in [0.2, 0.25) is 5.02 Å². The van der Waals surface area contributed by atoms with Gasteiger partial charge in [-0.3, -0.25) is 0 Å². The van der Waals surface area contributed by atoms with Crippen molar-refractivity contribution in [2.24, 2.45) is 23.2 Å². The summed E-state index contributed by atoms with van der Waals surface area (Å²) < 4.78 is 25.5. The van der Waals surface area contributed by atoms with Crippen molar-refractivity contribution >= 4 is 23.5 Å². The molecular weight excluding hydrogens is 409 g/mol. The fraction of sp³-hybridized carbons (Fsp3) is 0.652. The molecule has 6 rings (SSSR count). The van der Waals surface area contributed by atoms with Gasteiger partial charge in [0.15, 0.2) is 0 Å². The van der Waals surface area contributed by atoms with E-state index < -0.39 is 23.8 Å². The van der Waals surface area contributed by atoms with E-state index in [2.05, 4.69) is 5.32 Å². The van der Waals surface area contributed by atoms with Gasteiger partial charge in [0.2, 0.25) is 0 Å². The van der Waals surface area contributed by atoms with Crippen LogP contribution < -0.4 is 10.1 Å². The van der Waals surface area contributed by atoms with E-state index in [0.717, 1.165) is 30.2 Å². The molecule has 5 fully saturated rings. The quantitative estimate of drug-likeness (QED) is 0.544. The van der Waals surface area contributed by atoms with Gasteiger partial charge in [-0.05, 0) is 81.7 Å². The Hall–Kier alpha value is -1.66. The molecule has 1 N–H and O–H groups in total. The van der Waals surface area contributed by atoms with Crippen molar-refractivity contribution in [2.45, 2.75) is 57.4 Å². The maximum Gasteiger partial charge on any atom is 0.348 e. The molecule has 1 saturated heterocycles. The number of halogens is 2. The number of carbonyl (C=O) groups is 2. The van der Waals surface area contributed by atoms with Crippen LogP contribution in [0, 0.1) is 29.0 Å². The van der Waals surface area contributed by atoms with Gasteiger partial charge in [0.25, 0.3) is 0 Å². The molecular formula is C23H27ClFNO4. The lowest BCUT2D eigenvalue weighted by molar-refractivity contribution is -0.139. The largest absolute Gasteiger partial charge is 0.491 e. The van der Waals surface area contributed by atoms with E-state index in [1.165, 1.54) is 44.6 Å². The monoisotopic (exact) mass is 435 g/mol. The number of rotatable bonds is 5. The Bertz CT molecular complexity index is 832. The minimum Gasteiger partial charge on any atom is -0.491 e. The highest BCUT2D eigenvalue weighted by Gasteiger charge is 2.51.